The van der Waals surface area contributed by atoms with Crippen LogP contribution in [0.3, 0.4) is 0 Å². The van der Waals surface area contributed by atoms with Crippen molar-refractivity contribution in [1.29, 1.82) is 0 Å². The van der Waals surface area contributed by atoms with Crippen molar-refractivity contribution in [3.05, 3.63) is 71.9 Å². The van der Waals surface area contributed by atoms with Crippen molar-refractivity contribution in [3.8, 4) is 22.7 Å². The van der Waals surface area contributed by atoms with Crippen LogP contribution in [0.1, 0.15) is 49.2 Å². The Morgan fingerprint density at radius 3 is 2.45 bits per heavy atom. The van der Waals surface area contributed by atoms with E-state index >= 15 is 0 Å². The van der Waals surface area contributed by atoms with E-state index in [0.29, 0.717) is 18.7 Å². The molecule has 0 aliphatic carbocycles. The molecule has 0 spiro atoms. The highest BCUT2D eigenvalue weighted by Gasteiger charge is 2.21. The molecule has 3 aromatic rings. The number of para-hydroxylation sites is 2. The smallest absolute Gasteiger partial charge is 0.253 e. The molecule has 0 saturated carbocycles. The second-order valence-electron chi connectivity index (χ2n) is 7.09. The molecule has 0 unspecified atom stereocenters. The van der Waals surface area contributed by atoms with Gasteiger partial charge in [0.05, 0.1) is 23.6 Å². The van der Waals surface area contributed by atoms with Gasteiger partial charge in [0, 0.05) is 12.2 Å². The molecular formula is C25H30N2O2. The van der Waals surface area contributed by atoms with Gasteiger partial charge >= 0.3 is 0 Å². The van der Waals surface area contributed by atoms with Gasteiger partial charge in [-0.15, -0.1) is 0 Å². The summed E-state index contributed by atoms with van der Waals surface area (Å²) in [5, 5.41) is 3.07. The van der Waals surface area contributed by atoms with Crippen molar-refractivity contribution in [2.75, 3.05) is 13.2 Å². The van der Waals surface area contributed by atoms with E-state index in [0.717, 1.165) is 47.7 Å². The van der Waals surface area contributed by atoms with E-state index in [9.17, 15) is 4.79 Å². The van der Waals surface area contributed by atoms with E-state index in [4.69, 9.17) is 4.74 Å². The van der Waals surface area contributed by atoms with E-state index < -0.39 is 0 Å². The number of unbranched alkanes of at least 4 members (excludes halogenated alkanes) is 2. The van der Waals surface area contributed by atoms with Crippen LogP contribution in [0.2, 0.25) is 0 Å². The topological polar surface area (TPSA) is 43.3 Å². The minimum absolute atomic E-state index is 0.0246. The first-order valence-corrected chi connectivity index (χ1v) is 10.5. The highest BCUT2D eigenvalue weighted by Crippen LogP contribution is 2.33. The maximum Gasteiger partial charge on any atom is 0.253 e. The Balaban J connectivity index is 2.07. The molecule has 4 nitrogen and oxygen atoms in total. The third-order valence-corrected chi connectivity index (χ3v) is 5.03. The zero-order valence-corrected chi connectivity index (χ0v) is 17.6. The normalized spacial score (nSPS) is 10.7. The molecule has 152 valence electrons. The Bertz CT molecular complexity index is 945. The molecule has 0 aliphatic rings. The highest BCUT2D eigenvalue weighted by molar-refractivity contribution is 5.97. The fourth-order valence-electron chi connectivity index (χ4n) is 3.56. The fourth-order valence-corrected chi connectivity index (χ4v) is 3.56. The van der Waals surface area contributed by atoms with Gasteiger partial charge in [0.25, 0.3) is 5.91 Å². The van der Waals surface area contributed by atoms with E-state index in [-0.39, 0.29) is 5.91 Å². The molecule has 0 atom stereocenters. The number of hydrogen-bond donors (Lipinski definition) is 1. The van der Waals surface area contributed by atoms with Crippen LogP contribution in [0.4, 0.5) is 0 Å². The van der Waals surface area contributed by atoms with Crippen LogP contribution in [-0.4, -0.2) is 23.6 Å². The molecule has 0 radical (unpaired) electrons. The Morgan fingerprint density at radius 2 is 1.72 bits per heavy atom. The fraction of sp³-hybridized carbons (Fsp3) is 0.320. The molecule has 1 aromatic heterocycles. The Morgan fingerprint density at radius 1 is 1.00 bits per heavy atom. The lowest BCUT2D eigenvalue weighted by molar-refractivity contribution is 0.0952. The van der Waals surface area contributed by atoms with Crippen molar-refractivity contribution >= 4 is 5.91 Å². The van der Waals surface area contributed by atoms with Crippen molar-refractivity contribution in [3.63, 3.8) is 0 Å². The Labute approximate surface area is 173 Å². The molecule has 1 heterocycles. The molecule has 1 N–H and O–H groups in total. The van der Waals surface area contributed by atoms with Crippen molar-refractivity contribution in [2.45, 2.75) is 40.0 Å². The van der Waals surface area contributed by atoms with Crippen LogP contribution >= 0.6 is 0 Å². The van der Waals surface area contributed by atoms with Gasteiger partial charge in [-0.3, -0.25) is 4.79 Å². The molecule has 0 bridgehead atoms. The van der Waals surface area contributed by atoms with Crippen LogP contribution in [0.25, 0.3) is 16.9 Å². The number of nitrogens with zero attached hydrogens (tertiary/aromatic N) is 1. The molecule has 4 heteroatoms. The first-order valence-electron chi connectivity index (χ1n) is 10.5. The lowest BCUT2D eigenvalue weighted by atomic mass is 10.1. The summed E-state index contributed by atoms with van der Waals surface area (Å²) in [6, 6.07) is 20.1. The number of nitrogens with one attached hydrogen (secondary N) is 1. The molecule has 0 aliphatic heterocycles. The second-order valence-corrected chi connectivity index (χ2v) is 7.09. The van der Waals surface area contributed by atoms with Gasteiger partial charge in [-0.05, 0) is 44.0 Å². The van der Waals surface area contributed by atoms with Crippen LogP contribution in [-0.2, 0) is 0 Å². The summed E-state index contributed by atoms with van der Waals surface area (Å²) in [6.45, 7) is 7.42. The lowest BCUT2D eigenvalue weighted by Gasteiger charge is -2.16. The molecule has 1 amide bonds. The van der Waals surface area contributed by atoms with Crippen LogP contribution in [0.5, 0.6) is 5.75 Å². The third kappa shape index (κ3) is 4.70. The number of hydrogen-bond acceptors (Lipinski definition) is 2. The summed E-state index contributed by atoms with van der Waals surface area (Å²) in [5.74, 6) is 0.782. The van der Waals surface area contributed by atoms with Gasteiger partial charge in [-0.2, -0.15) is 0 Å². The third-order valence-electron chi connectivity index (χ3n) is 5.03. The Hall–Kier alpha value is -3.01. The summed E-state index contributed by atoms with van der Waals surface area (Å²) in [5.41, 5.74) is 4.59. The first-order chi connectivity index (χ1) is 14.2. The lowest BCUT2D eigenvalue weighted by Crippen LogP contribution is -2.24. The molecular weight excluding hydrogens is 360 g/mol. The number of aromatic nitrogens is 1. The van der Waals surface area contributed by atoms with Gasteiger partial charge < -0.3 is 14.6 Å². The first kappa shape index (κ1) is 20.7. The number of ether oxygens (including phenoxy) is 1. The second kappa shape index (κ2) is 9.97. The predicted molar refractivity (Wildman–Crippen MR) is 119 cm³/mol. The van der Waals surface area contributed by atoms with Crippen LogP contribution in [0.15, 0.2) is 60.7 Å². The van der Waals surface area contributed by atoms with E-state index in [1.807, 2.05) is 62.4 Å². The molecule has 29 heavy (non-hydrogen) atoms. The predicted octanol–water partition coefficient (Wildman–Crippen LogP) is 5.77. The Kier molecular flexibility index (Phi) is 7.12. The van der Waals surface area contributed by atoms with Crippen molar-refractivity contribution < 1.29 is 9.53 Å². The average molecular weight is 391 g/mol. The number of rotatable bonds is 9. The summed E-state index contributed by atoms with van der Waals surface area (Å²) in [4.78, 5) is 12.9. The van der Waals surface area contributed by atoms with E-state index in [1.165, 1.54) is 0 Å². The maximum atomic E-state index is 12.9. The monoisotopic (exact) mass is 390 g/mol. The van der Waals surface area contributed by atoms with Crippen molar-refractivity contribution in [1.82, 2.24) is 9.88 Å². The minimum Gasteiger partial charge on any atom is -0.492 e. The molecule has 0 fully saturated rings. The van der Waals surface area contributed by atoms with Gasteiger partial charge in [-0.25, -0.2) is 0 Å². The minimum atomic E-state index is -0.0246. The van der Waals surface area contributed by atoms with Gasteiger partial charge in [0.2, 0.25) is 0 Å². The summed E-state index contributed by atoms with van der Waals surface area (Å²) in [6.07, 6.45) is 3.26. The number of carbonyl (C=O) groups is 1. The van der Waals surface area contributed by atoms with Gasteiger partial charge in [-0.1, -0.05) is 62.2 Å². The maximum absolute atomic E-state index is 12.9. The SMILES string of the molecule is CCCCCNC(=O)c1cc(-c2ccccc2)n(-c2ccccc2OCC)c1C. The quantitative estimate of drug-likeness (QED) is 0.471. The average Bonchev–Trinajstić information content (AvgIpc) is 3.09. The number of amides is 1. The van der Waals surface area contributed by atoms with Crippen LogP contribution in [0, 0.1) is 6.92 Å². The van der Waals surface area contributed by atoms with E-state index in [2.05, 4.69) is 28.9 Å². The number of benzene rings is 2. The van der Waals surface area contributed by atoms with Crippen molar-refractivity contribution in [2.24, 2.45) is 0 Å². The highest BCUT2D eigenvalue weighted by atomic mass is 16.5. The standard InChI is InChI=1S/C25H30N2O2/c1-4-6-12-17-26-25(28)21-18-23(20-13-8-7-9-14-20)27(19(21)3)22-15-10-11-16-24(22)29-5-2/h7-11,13-16,18H,4-6,12,17H2,1-3H3,(H,26,28). The molecule has 2 aromatic carbocycles. The van der Waals surface area contributed by atoms with Gasteiger partial charge in [0.1, 0.15) is 5.75 Å². The van der Waals surface area contributed by atoms with Crippen LogP contribution < -0.4 is 10.1 Å². The largest absolute Gasteiger partial charge is 0.492 e. The molecule has 0 saturated heterocycles. The zero-order valence-electron chi connectivity index (χ0n) is 17.6. The summed E-state index contributed by atoms with van der Waals surface area (Å²) < 4.78 is 8.00. The zero-order chi connectivity index (χ0) is 20.6. The number of carbonyl (C=O) groups excluding carboxylic acids is 1. The van der Waals surface area contributed by atoms with Gasteiger partial charge in [0.15, 0.2) is 0 Å². The van der Waals surface area contributed by atoms with E-state index in [1.54, 1.807) is 0 Å². The molecule has 3 rings (SSSR count). The summed E-state index contributed by atoms with van der Waals surface area (Å²) >= 11 is 0. The summed E-state index contributed by atoms with van der Waals surface area (Å²) in [7, 11) is 0.